The van der Waals surface area contributed by atoms with Gasteiger partial charge in [-0.1, -0.05) is 18.2 Å². The number of nitro benzene ring substituents is 2. The van der Waals surface area contributed by atoms with Crippen LogP contribution in [0.25, 0.3) is 0 Å². The molecular formula is C23H16N4O8. The first-order valence-corrected chi connectivity index (χ1v) is 10.4. The normalized spacial score (nSPS) is 21.3. The Balaban J connectivity index is 1.56. The number of benzene rings is 3. The van der Waals surface area contributed by atoms with Crippen molar-refractivity contribution in [1.29, 1.82) is 0 Å². The van der Waals surface area contributed by atoms with Gasteiger partial charge in [0, 0.05) is 24.3 Å². The molecule has 0 spiro atoms. The maximum atomic E-state index is 13.5. The minimum Gasteiger partial charge on any atom is -0.508 e. The predicted octanol–water partition coefficient (Wildman–Crippen LogP) is 3.26. The number of hydrogen-bond acceptors (Lipinski definition) is 9. The first kappa shape index (κ1) is 22.0. The first-order valence-electron chi connectivity index (χ1n) is 10.4. The highest BCUT2D eigenvalue weighted by atomic mass is 16.7. The standard InChI is InChI=1S/C23H16N4O8/c28-18-10-4-13(5-11-18)20-19-21(35-25(20)16-2-1-3-17(12-16)27(33)34)23(30)24(22(19)29)14-6-8-15(9-7-14)26(31)32/h1-12,19-21,28H/t19-,20-,21+/m0/s1. The van der Waals surface area contributed by atoms with Crippen molar-refractivity contribution in [2.24, 2.45) is 5.92 Å². The molecule has 0 saturated carbocycles. The van der Waals surface area contributed by atoms with Crippen LogP contribution in [0.3, 0.4) is 0 Å². The van der Waals surface area contributed by atoms with Crippen molar-refractivity contribution in [3.8, 4) is 5.75 Å². The zero-order valence-electron chi connectivity index (χ0n) is 17.8. The van der Waals surface area contributed by atoms with Gasteiger partial charge in [0.15, 0.2) is 6.10 Å². The average molecular weight is 476 g/mol. The first-order chi connectivity index (χ1) is 16.8. The Bertz CT molecular complexity index is 1360. The van der Waals surface area contributed by atoms with Crippen LogP contribution in [0.4, 0.5) is 22.7 Å². The molecule has 2 fully saturated rings. The van der Waals surface area contributed by atoms with E-state index >= 15 is 0 Å². The summed E-state index contributed by atoms with van der Waals surface area (Å²) in [6.45, 7) is 0. The summed E-state index contributed by atoms with van der Waals surface area (Å²) < 4.78 is 0. The van der Waals surface area contributed by atoms with Gasteiger partial charge in [0.2, 0.25) is 5.91 Å². The number of rotatable bonds is 5. The zero-order chi connectivity index (χ0) is 24.9. The number of nitro groups is 2. The summed E-state index contributed by atoms with van der Waals surface area (Å²) in [6.07, 6.45) is -1.23. The smallest absolute Gasteiger partial charge is 0.271 e. The number of carbonyl (C=O) groups is 2. The summed E-state index contributed by atoms with van der Waals surface area (Å²) in [7, 11) is 0. The number of anilines is 2. The van der Waals surface area contributed by atoms with Crippen LogP contribution < -0.4 is 9.96 Å². The molecule has 2 heterocycles. The predicted molar refractivity (Wildman–Crippen MR) is 120 cm³/mol. The molecule has 2 amide bonds. The van der Waals surface area contributed by atoms with Crippen molar-refractivity contribution in [2.75, 3.05) is 9.96 Å². The molecular weight excluding hydrogens is 460 g/mol. The van der Waals surface area contributed by atoms with E-state index in [2.05, 4.69) is 0 Å². The third-order valence-corrected chi connectivity index (χ3v) is 5.96. The summed E-state index contributed by atoms with van der Waals surface area (Å²) in [5.41, 5.74) is 0.582. The lowest BCUT2D eigenvalue weighted by Crippen LogP contribution is -2.37. The molecule has 12 heteroatoms. The van der Waals surface area contributed by atoms with E-state index in [0.29, 0.717) is 5.56 Å². The lowest BCUT2D eigenvalue weighted by atomic mass is 9.90. The van der Waals surface area contributed by atoms with Crippen molar-refractivity contribution >= 4 is 34.6 Å². The SMILES string of the molecule is O=C1[C@@H]2[C@@H](ON(c3cccc([N+](=O)[O-])c3)[C@H]2c2ccc(O)cc2)C(=O)N1c1ccc([N+](=O)[O-])cc1. The Morgan fingerprint density at radius 1 is 0.800 bits per heavy atom. The Morgan fingerprint density at radius 2 is 1.46 bits per heavy atom. The van der Waals surface area contributed by atoms with Crippen LogP contribution in [0.15, 0.2) is 72.8 Å². The molecule has 2 aliphatic rings. The van der Waals surface area contributed by atoms with E-state index in [1.54, 1.807) is 18.2 Å². The molecule has 12 nitrogen and oxygen atoms in total. The van der Waals surface area contributed by atoms with Crippen LogP contribution >= 0.6 is 0 Å². The summed E-state index contributed by atoms with van der Waals surface area (Å²) >= 11 is 0. The fourth-order valence-electron chi connectivity index (χ4n) is 4.37. The van der Waals surface area contributed by atoms with Gasteiger partial charge in [-0.15, -0.1) is 0 Å². The van der Waals surface area contributed by atoms with Crippen molar-refractivity contribution in [3.05, 3.63) is 98.6 Å². The van der Waals surface area contributed by atoms with Crippen molar-refractivity contribution < 1.29 is 29.4 Å². The fourth-order valence-corrected chi connectivity index (χ4v) is 4.37. The molecule has 1 N–H and O–H groups in total. The number of amides is 2. The number of non-ortho nitro benzene ring substituents is 2. The minimum atomic E-state index is -1.23. The topological polar surface area (TPSA) is 156 Å². The maximum Gasteiger partial charge on any atom is 0.271 e. The second-order valence-electron chi connectivity index (χ2n) is 7.98. The van der Waals surface area contributed by atoms with Crippen molar-refractivity contribution in [1.82, 2.24) is 0 Å². The Labute approximate surface area is 196 Å². The highest BCUT2D eigenvalue weighted by Gasteiger charge is 2.60. The number of phenolic OH excluding ortho intramolecular Hbond substituents is 1. The third-order valence-electron chi connectivity index (χ3n) is 5.96. The summed E-state index contributed by atoms with van der Waals surface area (Å²) in [5.74, 6) is -2.26. The average Bonchev–Trinajstić information content (AvgIpc) is 3.35. The Kier molecular flexibility index (Phi) is 5.14. The highest BCUT2D eigenvalue weighted by molar-refractivity contribution is 6.24. The number of fused-ring (bicyclic) bond motifs is 1. The molecule has 35 heavy (non-hydrogen) atoms. The van der Waals surface area contributed by atoms with E-state index < -0.39 is 39.7 Å². The summed E-state index contributed by atoms with van der Waals surface area (Å²) in [4.78, 5) is 54.7. The van der Waals surface area contributed by atoms with E-state index in [1.165, 1.54) is 59.7 Å². The van der Waals surface area contributed by atoms with Gasteiger partial charge in [0.1, 0.15) is 11.7 Å². The molecule has 2 aliphatic heterocycles. The molecule has 2 saturated heterocycles. The Hall–Kier alpha value is -4.84. The molecule has 0 unspecified atom stereocenters. The van der Waals surface area contributed by atoms with Gasteiger partial charge < -0.3 is 5.11 Å². The molecule has 0 bridgehead atoms. The zero-order valence-corrected chi connectivity index (χ0v) is 17.8. The molecule has 0 aromatic heterocycles. The van der Waals surface area contributed by atoms with Crippen LogP contribution in [0.1, 0.15) is 11.6 Å². The number of carbonyl (C=O) groups excluding carboxylic acids is 2. The number of nitrogens with zero attached hydrogens (tertiary/aromatic N) is 4. The monoisotopic (exact) mass is 476 g/mol. The van der Waals surface area contributed by atoms with E-state index in [1.807, 2.05) is 0 Å². The second kappa shape index (κ2) is 8.18. The van der Waals surface area contributed by atoms with E-state index in [0.717, 1.165) is 4.90 Å². The highest BCUT2D eigenvalue weighted by Crippen LogP contribution is 2.48. The van der Waals surface area contributed by atoms with Gasteiger partial charge in [-0.2, -0.15) is 0 Å². The fraction of sp³-hybridized carbons (Fsp3) is 0.130. The van der Waals surface area contributed by atoms with Crippen molar-refractivity contribution in [3.63, 3.8) is 0 Å². The van der Waals surface area contributed by atoms with Crippen molar-refractivity contribution in [2.45, 2.75) is 12.1 Å². The van der Waals surface area contributed by atoms with Gasteiger partial charge >= 0.3 is 0 Å². The quantitative estimate of drug-likeness (QED) is 0.332. The number of imide groups is 1. The Morgan fingerprint density at radius 3 is 2.09 bits per heavy atom. The van der Waals surface area contributed by atoms with Gasteiger partial charge in [0.05, 0.1) is 27.3 Å². The number of hydrogen-bond donors (Lipinski definition) is 1. The largest absolute Gasteiger partial charge is 0.508 e. The van der Waals surface area contributed by atoms with Gasteiger partial charge in [-0.25, -0.2) is 9.96 Å². The van der Waals surface area contributed by atoms with E-state index in [9.17, 15) is 34.9 Å². The van der Waals surface area contributed by atoms with Crippen LogP contribution in [0.5, 0.6) is 5.75 Å². The molecule has 0 aliphatic carbocycles. The summed E-state index contributed by atoms with van der Waals surface area (Å²) in [6, 6.07) is 15.7. The molecule has 3 atom stereocenters. The van der Waals surface area contributed by atoms with Crippen LogP contribution in [-0.2, 0) is 14.4 Å². The van der Waals surface area contributed by atoms with Crippen LogP contribution in [0, 0.1) is 26.1 Å². The number of phenols is 1. The molecule has 0 radical (unpaired) electrons. The molecule has 3 aromatic carbocycles. The maximum absolute atomic E-state index is 13.5. The number of aromatic hydroxyl groups is 1. The van der Waals surface area contributed by atoms with Gasteiger partial charge in [0.25, 0.3) is 17.3 Å². The van der Waals surface area contributed by atoms with Gasteiger partial charge in [-0.05, 0) is 35.9 Å². The molecule has 176 valence electrons. The third kappa shape index (κ3) is 3.61. The summed E-state index contributed by atoms with van der Waals surface area (Å²) in [5, 5.41) is 33.3. The lowest BCUT2D eigenvalue weighted by molar-refractivity contribution is -0.385. The minimum absolute atomic E-state index is 0.00699. The molecule has 3 aromatic rings. The van der Waals surface area contributed by atoms with Gasteiger partial charge in [-0.3, -0.25) is 34.7 Å². The van der Waals surface area contributed by atoms with Crippen LogP contribution in [0.2, 0.25) is 0 Å². The lowest BCUT2D eigenvalue weighted by Gasteiger charge is -2.28. The van der Waals surface area contributed by atoms with E-state index in [4.69, 9.17) is 4.84 Å². The van der Waals surface area contributed by atoms with E-state index in [-0.39, 0.29) is 28.5 Å². The number of hydroxylamine groups is 1. The molecule has 5 rings (SSSR count). The van der Waals surface area contributed by atoms with Crippen LogP contribution in [-0.4, -0.2) is 32.9 Å². The second-order valence-corrected chi connectivity index (χ2v) is 7.98.